The van der Waals surface area contributed by atoms with Crippen LogP contribution in [0.5, 0.6) is 0 Å². The standard InChI is InChI=1S/C22H25NO3/c24-20(23-16-13-18-9-3-1-4-10-18)17-26-21(25)22(14-7-8-15-22)19-11-5-2-6-12-19/h1-6,9-12H,7-8,13-17H2,(H,23,24). The molecule has 4 nitrogen and oxygen atoms in total. The number of benzene rings is 2. The first-order valence-corrected chi connectivity index (χ1v) is 9.24. The van der Waals surface area contributed by atoms with Gasteiger partial charge in [0, 0.05) is 6.54 Å². The summed E-state index contributed by atoms with van der Waals surface area (Å²) in [5.74, 6) is -0.533. The van der Waals surface area contributed by atoms with Crippen molar-refractivity contribution in [3.8, 4) is 0 Å². The molecule has 1 aliphatic carbocycles. The molecule has 136 valence electrons. The molecule has 0 unspecified atom stereocenters. The van der Waals surface area contributed by atoms with E-state index >= 15 is 0 Å². The van der Waals surface area contributed by atoms with Crippen LogP contribution in [0, 0.1) is 0 Å². The second-order valence-electron chi connectivity index (χ2n) is 6.82. The second-order valence-corrected chi connectivity index (χ2v) is 6.82. The van der Waals surface area contributed by atoms with Gasteiger partial charge in [0.1, 0.15) is 0 Å². The molecule has 0 aliphatic heterocycles. The van der Waals surface area contributed by atoms with Crippen molar-refractivity contribution in [1.82, 2.24) is 5.32 Å². The van der Waals surface area contributed by atoms with Gasteiger partial charge in [-0.1, -0.05) is 73.5 Å². The maximum absolute atomic E-state index is 12.8. The van der Waals surface area contributed by atoms with E-state index in [4.69, 9.17) is 4.74 Å². The summed E-state index contributed by atoms with van der Waals surface area (Å²) >= 11 is 0. The van der Waals surface area contributed by atoms with Crippen LogP contribution in [0.25, 0.3) is 0 Å². The van der Waals surface area contributed by atoms with Crippen molar-refractivity contribution in [2.24, 2.45) is 0 Å². The average molecular weight is 351 g/mol. The van der Waals surface area contributed by atoms with Crippen molar-refractivity contribution in [3.63, 3.8) is 0 Å². The Hall–Kier alpha value is -2.62. The van der Waals surface area contributed by atoms with Gasteiger partial charge in [-0.05, 0) is 30.4 Å². The molecule has 0 aromatic heterocycles. The topological polar surface area (TPSA) is 55.4 Å². The first-order valence-electron chi connectivity index (χ1n) is 9.24. The van der Waals surface area contributed by atoms with Crippen molar-refractivity contribution < 1.29 is 14.3 Å². The Balaban J connectivity index is 1.50. The molecular weight excluding hydrogens is 326 g/mol. The highest BCUT2D eigenvalue weighted by atomic mass is 16.5. The minimum atomic E-state index is -0.592. The molecule has 1 fully saturated rings. The Bertz CT molecular complexity index is 722. The number of amides is 1. The zero-order valence-electron chi connectivity index (χ0n) is 14.9. The zero-order valence-corrected chi connectivity index (χ0v) is 14.9. The number of nitrogens with one attached hydrogen (secondary N) is 1. The molecule has 0 saturated heterocycles. The summed E-state index contributed by atoms with van der Waals surface area (Å²) in [5, 5.41) is 2.81. The maximum atomic E-state index is 12.8. The number of esters is 1. The molecular formula is C22H25NO3. The van der Waals surface area contributed by atoms with Crippen LogP contribution in [-0.2, 0) is 26.2 Å². The van der Waals surface area contributed by atoms with Gasteiger partial charge in [-0.15, -0.1) is 0 Å². The lowest BCUT2D eigenvalue weighted by Gasteiger charge is -2.27. The first-order chi connectivity index (χ1) is 12.7. The Morgan fingerprint density at radius 2 is 1.54 bits per heavy atom. The van der Waals surface area contributed by atoms with Crippen LogP contribution in [0.4, 0.5) is 0 Å². The van der Waals surface area contributed by atoms with E-state index in [9.17, 15) is 9.59 Å². The molecule has 0 bridgehead atoms. The fraction of sp³-hybridized carbons (Fsp3) is 0.364. The Kier molecular flexibility index (Phi) is 6.05. The Morgan fingerprint density at radius 1 is 0.923 bits per heavy atom. The third kappa shape index (κ3) is 4.31. The summed E-state index contributed by atoms with van der Waals surface area (Å²) < 4.78 is 5.40. The van der Waals surface area contributed by atoms with E-state index in [0.717, 1.165) is 37.7 Å². The van der Waals surface area contributed by atoms with Crippen molar-refractivity contribution in [2.75, 3.05) is 13.2 Å². The molecule has 0 spiro atoms. The van der Waals surface area contributed by atoms with E-state index < -0.39 is 5.41 Å². The summed E-state index contributed by atoms with van der Waals surface area (Å²) in [7, 11) is 0. The number of carbonyl (C=O) groups is 2. The van der Waals surface area contributed by atoms with Crippen LogP contribution in [0.15, 0.2) is 60.7 Å². The van der Waals surface area contributed by atoms with Gasteiger partial charge in [-0.25, -0.2) is 0 Å². The molecule has 4 heteroatoms. The molecule has 0 heterocycles. The van der Waals surface area contributed by atoms with Gasteiger partial charge in [0.15, 0.2) is 6.61 Å². The van der Waals surface area contributed by atoms with E-state index in [1.54, 1.807) is 0 Å². The third-order valence-corrected chi connectivity index (χ3v) is 5.09. The van der Waals surface area contributed by atoms with Crippen LogP contribution in [0.1, 0.15) is 36.8 Å². The largest absolute Gasteiger partial charge is 0.455 e. The predicted molar refractivity (Wildman–Crippen MR) is 101 cm³/mol. The van der Waals surface area contributed by atoms with Gasteiger partial charge in [0.2, 0.25) is 0 Å². The first kappa shape index (κ1) is 18.2. The lowest BCUT2D eigenvalue weighted by molar-refractivity contribution is -0.154. The number of hydrogen-bond donors (Lipinski definition) is 1. The maximum Gasteiger partial charge on any atom is 0.317 e. The molecule has 1 amide bonds. The predicted octanol–water partition coefficient (Wildman–Crippen LogP) is 3.40. The Labute approximate surface area is 154 Å². The van der Waals surface area contributed by atoms with Gasteiger partial charge in [0.05, 0.1) is 5.41 Å². The zero-order chi connectivity index (χ0) is 18.2. The molecule has 0 radical (unpaired) electrons. The molecule has 0 atom stereocenters. The monoisotopic (exact) mass is 351 g/mol. The third-order valence-electron chi connectivity index (χ3n) is 5.09. The van der Waals surface area contributed by atoms with Gasteiger partial charge in [-0.2, -0.15) is 0 Å². The SMILES string of the molecule is O=C(COC(=O)C1(c2ccccc2)CCCC1)NCCc1ccccc1. The fourth-order valence-corrected chi connectivity index (χ4v) is 3.66. The Morgan fingerprint density at radius 3 is 2.19 bits per heavy atom. The van der Waals surface area contributed by atoms with E-state index in [-0.39, 0.29) is 18.5 Å². The van der Waals surface area contributed by atoms with Crippen LogP contribution in [-0.4, -0.2) is 25.0 Å². The van der Waals surface area contributed by atoms with E-state index in [2.05, 4.69) is 5.32 Å². The number of carbonyl (C=O) groups excluding carboxylic acids is 2. The number of hydrogen-bond acceptors (Lipinski definition) is 3. The summed E-state index contributed by atoms with van der Waals surface area (Å²) in [5.41, 5.74) is 1.57. The molecule has 3 rings (SSSR count). The van der Waals surface area contributed by atoms with Crippen LogP contribution < -0.4 is 5.32 Å². The number of ether oxygens (including phenoxy) is 1. The quantitative estimate of drug-likeness (QED) is 0.778. The minimum absolute atomic E-state index is 0.220. The minimum Gasteiger partial charge on any atom is -0.455 e. The highest BCUT2D eigenvalue weighted by Crippen LogP contribution is 2.42. The summed E-state index contributed by atoms with van der Waals surface area (Å²) in [6.07, 6.45) is 4.34. The lowest BCUT2D eigenvalue weighted by Crippen LogP contribution is -2.38. The molecule has 1 saturated carbocycles. The van der Waals surface area contributed by atoms with Gasteiger partial charge < -0.3 is 10.1 Å². The smallest absolute Gasteiger partial charge is 0.317 e. The van der Waals surface area contributed by atoms with Gasteiger partial charge >= 0.3 is 5.97 Å². The second kappa shape index (κ2) is 8.65. The molecule has 2 aromatic carbocycles. The van der Waals surface area contributed by atoms with Crippen molar-refractivity contribution in [2.45, 2.75) is 37.5 Å². The molecule has 2 aromatic rings. The van der Waals surface area contributed by atoms with E-state index in [0.29, 0.717) is 6.54 Å². The van der Waals surface area contributed by atoms with E-state index in [1.807, 2.05) is 60.7 Å². The van der Waals surface area contributed by atoms with E-state index in [1.165, 1.54) is 5.56 Å². The summed E-state index contributed by atoms with van der Waals surface area (Å²) in [6.45, 7) is 0.312. The lowest BCUT2D eigenvalue weighted by atomic mass is 9.79. The summed E-state index contributed by atoms with van der Waals surface area (Å²) in [6, 6.07) is 19.8. The van der Waals surface area contributed by atoms with Gasteiger partial charge in [0.25, 0.3) is 5.91 Å². The number of rotatable bonds is 7. The van der Waals surface area contributed by atoms with Crippen molar-refractivity contribution in [1.29, 1.82) is 0 Å². The normalized spacial score (nSPS) is 15.4. The van der Waals surface area contributed by atoms with Crippen LogP contribution in [0.3, 0.4) is 0 Å². The molecule has 1 aliphatic rings. The van der Waals surface area contributed by atoms with Crippen molar-refractivity contribution >= 4 is 11.9 Å². The molecule has 1 N–H and O–H groups in total. The fourth-order valence-electron chi connectivity index (χ4n) is 3.66. The van der Waals surface area contributed by atoms with Gasteiger partial charge in [-0.3, -0.25) is 9.59 Å². The highest BCUT2D eigenvalue weighted by molar-refractivity contribution is 5.86. The van der Waals surface area contributed by atoms with Crippen LogP contribution in [0.2, 0.25) is 0 Å². The molecule has 26 heavy (non-hydrogen) atoms. The summed E-state index contributed by atoms with van der Waals surface area (Å²) in [4.78, 5) is 24.8. The van der Waals surface area contributed by atoms with Crippen molar-refractivity contribution in [3.05, 3.63) is 71.8 Å². The average Bonchev–Trinajstić information content (AvgIpc) is 3.19. The van der Waals surface area contributed by atoms with Crippen LogP contribution >= 0.6 is 0 Å². The highest BCUT2D eigenvalue weighted by Gasteiger charge is 2.44.